The minimum Gasteiger partial charge on any atom is -0.295 e. The summed E-state index contributed by atoms with van der Waals surface area (Å²) in [7, 11) is 0. The van der Waals surface area contributed by atoms with E-state index in [1.807, 2.05) is 69.3 Å². The molecule has 6 nitrogen and oxygen atoms in total. The van der Waals surface area contributed by atoms with Crippen LogP contribution in [-0.4, -0.2) is 21.4 Å². The third-order valence-electron chi connectivity index (χ3n) is 5.06. The van der Waals surface area contributed by atoms with Crippen molar-refractivity contribution in [3.05, 3.63) is 86.8 Å². The molecule has 6 heteroatoms. The molecule has 1 amide bonds. The molecule has 0 unspecified atom stereocenters. The highest BCUT2D eigenvalue weighted by Gasteiger charge is 2.29. The van der Waals surface area contributed by atoms with E-state index in [1.54, 1.807) is 13.0 Å². The number of amides is 1. The first kappa shape index (κ1) is 18.7. The predicted octanol–water partition coefficient (Wildman–Crippen LogP) is 3.90. The molecule has 1 aliphatic heterocycles. The Morgan fingerprint density at radius 2 is 1.69 bits per heavy atom. The molecule has 2 aromatic carbocycles. The van der Waals surface area contributed by atoms with Crippen molar-refractivity contribution in [3.63, 3.8) is 0 Å². The summed E-state index contributed by atoms with van der Waals surface area (Å²) in [6.07, 6.45) is 1.64. The van der Waals surface area contributed by atoms with Gasteiger partial charge in [-0.25, -0.2) is 4.68 Å². The minimum atomic E-state index is -0.244. The molecule has 1 aromatic heterocycles. The summed E-state index contributed by atoms with van der Waals surface area (Å²) in [5.74, 6) is -0.244. The predicted molar refractivity (Wildman–Crippen MR) is 116 cm³/mol. The van der Waals surface area contributed by atoms with E-state index in [1.165, 1.54) is 9.69 Å². The first-order valence-electron chi connectivity index (χ1n) is 9.43. The number of nitrogens with one attached hydrogen (secondary N) is 1. The average Bonchev–Trinajstić information content (AvgIpc) is 3.13. The lowest BCUT2D eigenvalue weighted by molar-refractivity contribution is -0.114. The molecule has 0 fully saturated rings. The van der Waals surface area contributed by atoms with E-state index in [9.17, 15) is 9.59 Å². The Labute approximate surface area is 168 Å². The summed E-state index contributed by atoms with van der Waals surface area (Å²) in [4.78, 5) is 26.0. The topological polar surface area (TPSA) is 70.5 Å². The molecular formula is C23H22N4O2. The van der Waals surface area contributed by atoms with Gasteiger partial charge < -0.3 is 0 Å². The number of aryl methyl sites for hydroxylation is 3. The first-order valence-corrected chi connectivity index (χ1v) is 9.43. The number of hydrogen-bond donors (Lipinski definition) is 1. The Bertz CT molecular complexity index is 1230. The fourth-order valence-electron chi connectivity index (χ4n) is 3.53. The van der Waals surface area contributed by atoms with Crippen LogP contribution in [0.1, 0.15) is 29.3 Å². The van der Waals surface area contributed by atoms with Gasteiger partial charge in [-0.15, -0.1) is 0 Å². The normalized spacial score (nSPS) is 15.3. The highest BCUT2D eigenvalue weighted by molar-refractivity contribution is 6.32. The van der Waals surface area contributed by atoms with Crippen molar-refractivity contribution in [1.29, 1.82) is 0 Å². The molecule has 0 spiro atoms. The van der Waals surface area contributed by atoms with Crippen LogP contribution in [0, 0.1) is 20.8 Å². The molecule has 4 rings (SSSR count). The number of rotatable bonds is 3. The van der Waals surface area contributed by atoms with Gasteiger partial charge in [-0.3, -0.25) is 14.7 Å². The minimum absolute atomic E-state index is 0.194. The SMILES string of the molecule is CC1=NN(c2ccccc2)C(=O)C1=Cc1c(C)[nH]n(-c2ccc(C)cc2C)c1=O. The largest absolute Gasteiger partial charge is 0.295 e. The first-order chi connectivity index (χ1) is 13.9. The number of anilines is 1. The van der Waals surface area contributed by atoms with Crippen LogP contribution in [0.4, 0.5) is 5.69 Å². The summed E-state index contributed by atoms with van der Waals surface area (Å²) in [5, 5.41) is 8.88. The number of hydrogen-bond acceptors (Lipinski definition) is 3. The number of carbonyl (C=O) groups is 1. The molecule has 146 valence electrons. The third kappa shape index (κ3) is 3.23. The number of nitrogens with zero attached hydrogens (tertiary/aromatic N) is 3. The van der Waals surface area contributed by atoms with Crippen molar-refractivity contribution >= 4 is 23.4 Å². The Morgan fingerprint density at radius 1 is 0.966 bits per heavy atom. The number of hydrazone groups is 1. The molecule has 0 bridgehead atoms. The molecule has 2 heterocycles. The second-order valence-electron chi connectivity index (χ2n) is 7.28. The molecule has 3 aromatic rings. The molecular weight excluding hydrogens is 364 g/mol. The van der Waals surface area contributed by atoms with Gasteiger partial charge in [-0.05, 0) is 57.5 Å². The molecule has 29 heavy (non-hydrogen) atoms. The van der Waals surface area contributed by atoms with Crippen molar-refractivity contribution < 1.29 is 4.79 Å². The van der Waals surface area contributed by atoms with Gasteiger partial charge in [0, 0.05) is 5.69 Å². The van der Waals surface area contributed by atoms with Gasteiger partial charge in [-0.1, -0.05) is 35.9 Å². The van der Waals surface area contributed by atoms with Gasteiger partial charge in [0.05, 0.1) is 28.2 Å². The van der Waals surface area contributed by atoms with Gasteiger partial charge in [0.1, 0.15) is 0 Å². The van der Waals surface area contributed by atoms with Crippen LogP contribution in [0.5, 0.6) is 0 Å². The summed E-state index contributed by atoms with van der Waals surface area (Å²) in [6, 6.07) is 15.2. The molecule has 1 aliphatic rings. The van der Waals surface area contributed by atoms with Crippen LogP contribution < -0.4 is 10.6 Å². The fraction of sp³-hybridized carbons (Fsp3) is 0.174. The van der Waals surface area contributed by atoms with Crippen molar-refractivity contribution in [2.75, 3.05) is 5.01 Å². The Morgan fingerprint density at radius 3 is 2.38 bits per heavy atom. The second kappa shape index (κ2) is 7.05. The Balaban J connectivity index is 1.76. The third-order valence-corrected chi connectivity index (χ3v) is 5.06. The highest BCUT2D eigenvalue weighted by Crippen LogP contribution is 2.25. The second-order valence-corrected chi connectivity index (χ2v) is 7.28. The lowest BCUT2D eigenvalue weighted by Crippen LogP contribution is -2.22. The number of carbonyl (C=O) groups excluding carboxylic acids is 1. The van der Waals surface area contributed by atoms with Crippen LogP contribution in [0.2, 0.25) is 0 Å². The molecule has 1 N–H and O–H groups in total. The average molecular weight is 386 g/mol. The van der Waals surface area contributed by atoms with E-state index in [0.29, 0.717) is 28.2 Å². The maximum atomic E-state index is 13.1. The summed E-state index contributed by atoms with van der Waals surface area (Å²) in [5.41, 5.74) is 5.57. The smallest absolute Gasteiger partial charge is 0.280 e. The van der Waals surface area contributed by atoms with Gasteiger partial charge in [0.25, 0.3) is 11.5 Å². The van der Waals surface area contributed by atoms with Crippen LogP contribution >= 0.6 is 0 Å². The maximum absolute atomic E-state index is 13.1. The highest BCUT2D eigenvalue weighted by atomic mass is 16.2. The number of aromatic amines is 1. The lowest BCUT2D eigenvalue weighted by atomic mass is 10.1. The number of para-hydroxylation sites is 1. The van der Waals surface area contributed by atoms with Crippen LogP contribution in [0.3, 0.4) is 0 Å². The lowest BCUT2D eigenvalue weighted by Gasteiger charge is -2.10. The van der Waals surface area contributed by atoms with Crippen molar-refractivity contribution in [3.8, 4) is 5.69 Å². The van der Waals surface area contributed by atoms with Crippen LogP contribution in [0.15, 0.2) is 64.0 Å². The quantitative estimate of drug-likeness (QED) is 0.694. The molecule has 0 aliphatic carbocycles. The number of aromatic nitrogens is 2. The number of benzene rings is 2. The van der Waals surface area contributed by atoms with E-state index < -0.39 is 0 Å². The number of H-pyrrole nitrogens is 1. The van der Waals surface area contributed by atoms with E-state index in [-0.39, 0.29) is 11.5 Å². The molecule has 0 radical (unpaired) electrons. The van der Waals surface area contributed by atoms with Crippen LogP contribution in [-0.2, 0) is 4.79 Å². The Kier molecular flexibility index (Phi) is 4.54. The zero-order chi connectivity index (χ0) is 20.7. The maximum Gasteiger partial charge on any atom is 0.280 e. The fourth-order valence-corrected chi connectivity index (χ4v) is 3.53. The van der Waals surface area contributed by atoms with Gasteiger partial charge in [0.2, 0.25) is 0 Å². The molecule has 0 saturated heterocycles. The van der Waals surface area contributed by atoms with E-state index in [0.717, 1.165) is 16.8 Å². The van der Waals surface area contributed by atoms with Crippen molar-refractivity contribution in [1.82, 2.24) is 9.78 Å². The zero-order valence-corrected chi connectivity index (χ0v) is 16.9. The molecule has 0 saturated carbocycles. The van der Waals surface area contributed by atoms with Gasteiger partial charge in [-0.2, -0.15) is 10.1 Å². The van der Waals surface area contributed by atoms with E-state index in [4.69, 9.17) is 0 Å². The van der Waals surface area contributed by atoms with Crippen LogP contribution in [0.25, 0.3) is 11.8 Å². The van der Waals surface area contributed by atoms with E-state index in [2.05, 4.69) is 10.2 Å². The zero-order valence-electron chi connectivity index (χ0n) is 16.9. The molecule has 0 atom stereocenters. The van der Waals surface area contributed by atoms with Crippen molar-refractivity contribution in [2.45, 2.75) is 27.7 Å². The summed E-state index contributed by atoms with van der Waals surface area (Å²) in [6.45, 7) is 7.59. The van der Waals surface area contributed by atoms with Gasteiger partial charge in [0.15, 0.2) is 0 Å². The van der Waals surface area contributed by atoms with Gasteiger partial charge >= 0.3 is 0 Å². The summed E-state index contributed by atoms with van der Waals surface area (Å²) >= 11 is 0. The Hall–Kier alpha value is -3.67. The monoisotopic (exact) mass is 386 g/mol. The van der Waals surface area contributed by atoms with E-state index >= 15 is 0 Å². The standard InChI is InChI=1S/C23H22N4O2/c1-14-10-11-21(15(2)12-14)27-23(29)20(17(4)25-27)13-19-16(3)24-26(22(19)28)18-8-6-5-7-9-18/h5-13,25H,1-4H3. The summed E-state index contributed by atoms with van der Waals surface area (Å²) < 4.78 is 1.53. The van der Waals surface area contributed by atoms with Crippen molar-refractivity contribution in [2.24, 2.45) is 5.10 Å².